The van der Waals surface area contributed by atoms with Crippen molar-refractivity contribution in [3.63, 3.8) is 0 Å². The van der Waals surface area contributed by atoms with Gasteiger partial charge in [-0.15, -0.1) is 17.8 Å². The zero-order valence-electron chi connectivity index (χ0n) is 13.1. The van der Waals surface area contributed by atoms with Crippen LogP contribution in [0.2, 0.25) is 0 Å². The Bertz CT molecular complexity index is 598. The van der Waals surface area contributed by atoms with E-state index in [0.29, 0.717) is 24.0 Å². The van der Waals surface area contributed by atoms with Crippen LogP contribution in [0.5, 0.6) is 0 Å². The molecule has 0 unspecified atom stereocenters. The molecule has 0 spiro atoms. The maximum absolute atomic E-state index is 12.9. The van der Waals surface area contributed by atoms with Crippen molar-refractivity contribution in [2.75, 3.05) is 13.1 Å². The Morgan fingerprint density at radius 3 is 2.67 bits per heavy atom. The summed E-state index contributed by atoms with van der Waals surface area (Å²) in [5.74, 6) is 2.44. The van der Waals surface area contributed by atoms with E-state index >= 15 is 0 Å². The third-order valence-electron chi connectivity index (χ3n) is 3.00. The molecule has 0 aliphatic carbocycles. The van der Waals surface area contributed by atoms with Gasteiger partial charge in [-0.05, 0) is 24.3 Å². The highest BCUT2D eigenvalue weighted by molar-refractivity contribution is 7.89. The summed E-state index contributed by atoms with van der Waals surface area (Å²) in [5.41, 5.74) is 0.790. The number of aryl methyl sites for hydroxylation is 1. The van der Waals surface area contributed by atoms with E-state index in [2.05, 4.69) is 11.2 Å². The number of sulfonamides is 1. The zero-order chi connectivity index (χ0) is 16.0. The van der Waals surface area contributed by atoms with Crippen LogP contribution in [0.15, 0.2) is 10.3 Å². The van der Waals surface area contributed by atoms with Crippen LogP contribution >= 0.6 is 11.3 Å². The molecular formula is C15H24N2O2S2. The number of thiophene rings is 1. The van der Waals surface area contributed by atoms with Crippen LogP contribution in [0.25, 0.3) is 0 Å². The highest BCUT2D eigenvalue weighted by atomic mass is 32.2. The minimum atomic E-state index is -3.53. The SMILES string of the molecule is C#CCN(CCC)S(=O)(=O)c1c(C)csc1CNC(C)C. The molecule has 118 valence electrons. The van der Waals surface area contributed by atoms with Crippen molar-refractivity contribution < 1.29 is 8.42 Å². The number of nitrogens with one attached hydrogen (secondary N) is 1. The van der Waals surface area contributed by atoms with Gasteiger partial charge in [0.05, 0.1) is 6.54 Å². The fraction of sp³-hybridized carbons (Fsp3) is 0.600. The van der Waals surface area contributed by atoms with E-state index in [1.165, 1.54) is 15.6 Å². The number of nitrogens with zero attached hydrogens (tertiary/aromatic N) is 1. The van der Waals surface area contributed by atoms with Gasteiger partial charge in [0.25, 0.3) is 0 Å². The zero-order valence-corrected chi connectivity index (χ0v) is 14.8. The van der Waals surface area contributed by atoms with Crippen molar-refractivity contribution in [3.8, 4) is 12.3 Å². The van der Waals surface area contributed by atoms with E-state index in [0.717, 1.165) is 16.9 Å². The summed E-state index contributed by atoms with van der Waals surface area (Å²) in [7, 11) is -3.53. The largest absolute Gasteiger partial charge is 0.310 e. The molecule has 0 atom stereocenters. The lowest BCUT2D eigenvalue weighted by Crippen LogP contribution is -2.33. The van der Waals surface area contributed by atoms with Crippen molar-refractivity contribution in [3.05, 3.63) is 15.8 Å². The molecule has 0 fully saturated rings. The average Bonchev–Trinajstić information content (AvgIpc) is 2.78. The van der Waals surface area contributed by atoms with Crippen LogP contribution in [0, 0.1) is 19.3 Å². The topological polar surface area (TPSA) is 49.4 Å². The van der Waals surface area contributed by atoms with Gasteiger partial charge in [-0.3, -0.25) is 0 Å². The van der Waals surface area contributed by atoms with Gasteiger partial charge in [0.2, 0.25) is 10.0 Å². The van der Waals surface area contributed by atoms with Crippen molar-refractivity contribution in [1.29, 1.82) is 0 Å². The Labute approximate surface area is 132 Å². The second kappa shape index (κ2) is 7.95. The molecule has 1 aromatic rings. The Hall–Kier alpha value is -0.870. The third kappa shape index (κ3) is 4.55. The molecule has 0 aromatic carbocycles. The van der Waals surface area contributed by atoms with Gasteiger partial charge in [0.15, 0.2) is 0 Å². The molecule has 1 N–H and O–H groups in total. The molecule has 0 aliphatic rings. The summed E-state index contributed by atoms with van der Waals surface area (Å²) in [6.07, 6.45) is 6.06. The van der Waals surface area contributed by atoms with Crippen LogP contribution in [0.1, 0.15) is 37.6 Å². The molecule has 0 bridgehead atoms. The van der Waals surface area contributed by atoms with Crippen LogP contribution < -0.4 is 5.32 Å². The maximum Gasteiger partial charge on any atom is 0.245 e. The Morgan fingerprint density at radius 2 is 2.14 bits per heavy atom. The van der Waals surface area contributed by atoms with Gasteiger partial charge in [-0.1, -0.05) is 26.7 Å². The first-order valence-electron chi connectivity index (χ1n) is 7.08. The van der Waals surface area contributed by atoms with Crippen molar-refractivity contribution >= 4 is 21.4 Å². The summed E-state index contributed by atoms with van der Waals surface area (Å²) in [4.78, 5) is 1.27. The van der Waals surface area contributed by atoms with Crippen molar-refractivity contribution in [1.82, 2.24) is 9.62 Å². The van der Waals surface area contributed by atoms with Crippen LogP contribution in [0.4, 0.5) is 0 Å². The molecule has 0 saturated carbocycles. The second-order valence-corrected chi connectivity index (χ2v) is 8.09. The molecule has 21 heavy (non-hydrogen) atoms. The molecule has 0 radical (unpaired) electrons. The smallest absolute Gasteiger partial charge is 0.245 e. The standard InChI is InChI=1S/C15H24N2O2S2/c1-6-8-17(9-7-2)21(18,19)15-13(5)11-20-14(15)10-16-12(3)4/h1,11-12,16H,7-10H2,2-5H3. The monoisotopic (exact) mass is 328 g/mol. The molecular weight excluding hydrogens is 304 g/mol. The normalized spacial score (nSPS) is 12.0. The third-order valence-corrected chi connectivity index (χ3v) is 6.31. The molecule has 0 saturated heterocycles. The van der Waals surface area contributed by atoms with E-state index in [1.54, 1.807) is 0 Å². The number of rotatable bonds is 8. The molecule has 1 rings (SSSR count). The van der Waals surface area contributed by atoms with E-state index < -0.39 is 10.0 Å². The number of hydrogen-bond donors (Lipinski definition) is 1. The molecule has 6 heteroatoms. The minimum absolute atomic E-state index is 0.114. The van der Waals surface area contributed by atoms with Gasteiger partial charge >= 0.3 is 0 Å². The fourth-order valence-corrected chi connectivity index (χ4v) is 5.17. The molecule has 1 heterocycles. The molecule has 4 nitrogen and oxygen atoms in total. The fourth-order valence-electron chi connectivity index (χ4n) is 2.02. The Kier molecular flexibility index (Phi) is 6.88. The quantitative estimate of drug-likeness (QED) is 0.746. The van der Waals surface area contributed by atoms with Crippen molar-refractivity contribution in [2.45, 2.75) is 51.6 Å². The van der Waals surface area contributed by atoms with Gasteiger partial charge in [0.1, 0.15) is 4.90 Å². The summed E-state index contributed by atoms with van der Waals surface area (Å²) in [5, 5.41) is 5.17. The lowest BCUT2D eigenvalue weighted by Gasteiger charge is -2.20. The number of terminal acetylenes is 1. The molecule has 0 aliphatic heterocycles. The van der Waals surface area contributed by atoms with Gasteiger partial charge in [0, 0.05) is 24.0 Å². The summed E-state index contributed by atoms with van der Waals surface area (Å²) < 4.78 is 27.1. The predicted octanol–water partition coefficient (Wildman–Crippen LogP) is 2.59. The van der Waals surface area contributed by atoms with E-state index in [1.807, 2.05) is 33.1 Å². The van der Waals surface area contributed by atoms with Crippen LogP contribution in [-0.2, 0) is 16.6 Å². The lowest BCUT2D eigenvalue weighted by molar-refractivity contribution is 0.444. The first-order chi connectivity index (χ1) is 9.84. The van der Waals surface area contributed by atoms with Gasteiger partial charge in [-0.2, -0.15) is 4.31 Å². The first-order valence-corrected chi connectivity index (χ1v) is 9.40. The summed E-state index contributed by atoms with van der Waals surface area (Å²) in [6.45, 7) is 8.97. The predicted molar refractivity (Wildman–Crippen MR) is 88.9 cm³/mol. The van der Waals surface area contributed by atoms with Gasteiger partial charge < -0.3 is 5.32 Å². The minimum Gasteiger partial charge on any atom is -0.310 e. The van der Waals surface area contributed by atoms with Gasteiger partial charge in [-0.25, -0.2) is 8.42 Å². The van der Waals surface area contributed by atoms with E-state index in [4.69, 9.17) is 6.42 Å². The lowest BCUT2D eigenvalue weighted by atomic mass is 10.3. The maximum atomic E-state index is 12.9. The molecule has 0 amide bonds. The highest BCUT2D eigenvalue weighted by Gasteiger charge is 2.28. The van der Waals surface area contributed by atoms with Crippen molar-refractivity contribution in [2.24, 2.45) is 0 Å². The van der Waals surface area contributed by atoms with Crippen LogP contribution in [-0.4, -0.2) is 31.9 Å². The summed E-state index contributed by atoms with van der Waals surface area (Å²) >= 11 is 1.48. The Balaban J connectivity index is 3.17. The Morgan fingerprint density at radius 1 is 1.48 bits per heavy atom. The summed E-state index contributed by atoms with van der Waals surface area (Å²) in [6, 6.07) is 0.306. The van der Waals surface area contributed by atoms with E-state index in [-0.39, 0.29) is 6.54 Å². The highest BCUT2D eigenvalue weighted by Crippen LogP contribution is 2.29. The first kappa shape index (κ1) is 18.2. The second-order valence-electron chi connectivity index (χ2n) is 5.25. The van der Waals surface area contributed by atoms with E-state index in [9.17, 15) is 8.42 Å². The van der Waals surface area contributed by atoms with Crippen LogP contribution in [0.3, 0.4) is 0 Å². The number of hydrogen-bond acceptors (Lipinski definition) is 4. The molecule has 1 aromatic heterocycles. The average molecular weight is 329 g/mol.